The summed E-state index contributed by atoms with van der Waals surface area (Å²) in [5, 5.41) is 0. The minimum atomic E-state index is -0.116. The molecule has 0 bridgehead atoms. The van der Waals surface area contributed by atoms with E-state index in [0.29, 0.717) is 23.9 Å². The number of hydrogen-bond acceptors (Lipinski definition) is 4. The molecule has 0 saturated heterocycles. The molecule has 1 saturated carbocycles. The summed E-state index contributed by atoms with van der Waals surface area (Å²) in [5.74, 6) is 0.995. The van der Waals surface area contributed by atoms with Gasteiger partial charge in [-0.2, -0.15) is 0 Å². The lowest BCUT2D eigenvalue weighted by Crippen LogP contribution is -2.35. The summed E-state index contributed by atoms with van der Waals surface area (Å²) in [6.45, 7) is 0.652. The van der Waals surface area contributed by atoms with Crippen LogP contribution in [0.5, 0.6) is 5.75 Å². The van der Waals surface area contributed by atoms with Crippen LogP contribution in [0, 0.1) is 5.92 Å². The first-order valence-corrected chi connectivity index (χ1v) is 7.16. The van der Waals surface area contributed by atoms with Gasteiger partial charge in [0.25, 0.3) is 5.91 Å². The fourth-order valence-corrected chi connectivity index (χ4v) is 2.60. The van der Waals surface area contributed by atoms with E-state index in [4.69, 9.17) is 10.5 Å². The summed E-state index contributed by atoms with van der Waals surface area (Å²) in [6, 6.07) is 3.51. The van der Waals surface area contributed by atoms with Crippen LogP contribution in [0.3, 0.4) is 0 Å². The highest BCUT2D eigenvalue weighted by atomic mass is 16.5. The summed E-state index contributed by atoms with van der Waals surface area (Å²) in [4.78, 5) is 17.5. The summed E-state index contributed by atoms with van der Waals surface area (Å²) in [5.41, 5.74) is 6.22. The zero-order valence-electron chi connectivity index (χ0n) is 12.2. The normalized spacial score (nSPS) is 22.4. The van der Waals surface area contributed by atoms with Gasteiger partial charge in [0.1, 0.15) is 17.5 Å². The van der Waals surface area contributed by atoms with Gasteiger partial charge in [-0.1, -0.05) is 6.42 Å². The third kappa shape index (κ3) is 3.48. The maximum Gasteiger partial charge on any atom is 0.272 e. The van der Waals surface area contributed by atoms with Crippen molar-refractivity contribution in [1.82, 2.24) is 9.88 Å². The fourth-order valence-electron chi connectivity index (χ4n) is 2.60. The number of carbonyl (C=O) groups excluding carboxylic acids is 1. The van der Waals surface area contributed by atoms with E-state index in [1.807, 2.05) is 0 Å². The molecule has 110 valence electrons. The Bertz CT molecular complexity index is 462. The number of carbonyl (C=O) groups is 1. The van der Waals surface area contributed by atoms with Gasteiger partial charge in [-0.05, 0) is 31.9 Å². The Balaban J connectivity index is 2.09. The molecule has 2 rings (SSSR count). The second-order valence-corrected chi connectivity index (χ2v) is 5.51. The number of rotatable bonds is 4. The van der Waals surface area contributed by atoms with Crippen molar-refractivity contribution >= 4 is 5.91 Å². The molecule has 1 aromatic rings. The molecule has 5 nitrogen and oxygen atoms in total. The van der Waals surface area contributed by atoms with Crippen molar-refractivity contribution in [1.29, 1.82) is 0 Å². The average molecular weight is 277 g/mol. The Morgan fingerprint density at radius 3 is 2.90 bits per heavy atom. The van der Waals surface area contributed by atoms with E-state index in [1.165, 1.54) is 17.7 Å². The van der Waals surface area contributed by atoms with Gasteiger partial charge in [-0.3, -0.25) is 9.78 Å². The molecule has 1 amide bonds. The van der Waals surface area contributed by atoms with Crippen molar-refractivity contribution < 1.29 is 9.53 Å². The molecule has 0 aliphatic heterocycles. The maximum absolute atomic E-state index is 11.9. The summed E-state index contributed by atoms with van der Waals surface area (Å²) >= 11 is 0. The van der Waals surface area contributed by atoms with Gasteiger partial charge < -0.3 is 15.4 Å². The van der Waals surface area contributed by atoms with Crippen molar-refractivity contribution in [3.05, 3.63) is 24.0 Å². The van der Waals surface area contributed by atoms with Gasteiger partial charge in [-0.25, -0.2) is 0 Å². The van der Waals surface area contributed by atoms with Crippen LogP contribution in [0.4, 0.5) is 0 Å². The quantitative estimate of drug-likeness (QED) is 0.909. The third-order valence-corrected chi connectivity index (χ3v) is 3.79. The molecule has 0 radical (unpaired) electrons. The number of aromatic nitrogens is 1. The smallest absolute Gasteiger partial charge is 0.272 e. The standard InChI is InChI=1S/C15H23N3O2/c1-18(2)15(19)13-9-12(7-8-17-13)20-14-6-4-3-5-11(14)10-16/h7-9,11,14H,3-6,10,16H2,1-2H3. The first-order chi connectivity index (χ1) is 9.61. The van der Waals surface area contributed by atoms with E-state index in [0.717, 1.165) is 12.8 Å². The number of nitrogens with two attached hydrogens (primary N) is 1. The fraction of sp³-hybridized carbons (Fsp3) is 0.600. The first kappa shape index (κ1) is 14.8. The molecule has 1 aliphatic rings. The molecule has 5 heteroatoms. The maximum atomic E-state index is 11.9. The Morgan fingerprint density at radius 1 is 1.45 bits per heavy atom. The van der Waals surface area contributed by atoms with Crippen LogP contribution in [0.25, 0.3) is 0 Å². The number of ether oxygens (including phenoxy) is 1. The Hall–Kier alpha value is -1.62. The first-order valence-electron chi connectivity index (χ1n) is 7.16. The van der Waals surface area contributed by atoms with Crippen molar-refractivity contribution in [2.45, 2.75) is 31.8 Å². The van der Waals surface area contributed by atoms with Crippen LogP contribution >= 0.6 is 0 Å². The van der Waals surface area contributed by atoms with Gasteiger partial charge in [0.2, 0.25) is 0 Å². The molecule has 1 heterocycles. The topological polar surface area (TPSA) is 68.5 Å². The van der Waals surface area contributed by atoms with Crippen LogP contribution in [-0.2, 0) is 0 Å². The largest absolute Gasteiger partial charge is 0.490 e. The molecular weight excluding hydrogens is 254 g/mol. The van der Waals surface area contributed by atoms with Gasteiger partial charge in [0.15, 0.2) is 0 Å². The van der Waals surface area contributed by atoms with E-state index < -0.39 is 0 Å². The summed E-state index contributed by atoms with van der Waals surface area (Å²) in [7, 11) is 3.42. The van der Waals surface area contributed by atoms with E-state index in [2.05, 4.69) is 4.98 Å². The average Bonchev–Trinajstić information content (AvgIpc) is 2.47. The van der Waals surface area contributed by atoms with E-state index in [9.17, 15) is 4.79 Å². The Morgan fingerprint density at radius 2 is 2.20 bits per heavy atom. The van der Waals surface area contributed by atoms with Crippen molar-refractivity contribution in [3.63, 3.8) is 0 Å². The molecule has 20 heavy (non-hydrogen) atoms. The van der Waals surface area contributed by atoms with Crippen LogP contribution < -0.4 is 10.5 Å². The second kappa shape index (κ2) is 6.70. The minimum Gasteiger partial charge on any atom is -0.490 e. The molecule has 1 aromatic heterocycles. The highest BCUT2D eigenvalue weighted by Crippen LogP contribution is 2.28. The van der Waals surface area contributed by atoms with E-state index in [1.54, 1.807) is 32.4 Å². The Labute approximate surface area is 120 Å². The Kier molecular flexibility index (Phi) is 4.95. The molecule has 2 unspecified atom stereocenters. The minimum absolute atomic E-state index is 0.116. The second-order valence-electron chi connectivity index (χ2n) is 5.51. The van der Waals surface area contributed by atoms with Gasteiger partial charge in [0, 0.05) is 32.3 Å². The van der Waals surface area contributed by atoms with Crippen molar-refractivity contribution in [2.75, 3.05) is 20.6 Å². The number of amides is 1. The van der Waals surface area contributed by atoms with Crippen LogP contribution in [0.2, 0.25) is 0 Å². The van der Waals surface area contributed by atoms with E-state index in [-0.39, 0.29) is 12.0 Å². The lowest BCUT2D eigenvalue weighted by Gasteiger charge is -2.31. The monoisotopic (exact) mass is 277 g/mol. The molecule has 2 N–H and O–H groups in total. The molecule has 2 atom stereocenters. The predicted octanol–water partition coefficient (Wildman–Crippen LogP) is 1.68. The van der Waals surface area contributed by atoms with Crippen LogP contribution in [-0.4, -0.2) is 42.5 Å². The lowest BCUT2D eigenvalue weighted by atomic mass is 9.86. The third-order valence-electron chi connectivity index (χ3n) is 3.79. The number of pyridine rings is 1. The number of nitrogens with zero attached hydrogens (tertiary/aromatic N) is 2. The van der Waals surface area contributed by atoms with Gasteiger partial charge in [0.05, 0.1) is 0 Å². The van der Waals surface area contributed by atoms with Gasteiger partial charge >= 0.3 is 0 Å². The van der Waals surface area contributed by atoms with Crippen molar-refractivity contribution in [2.24, 2.45) is 11.7 Å². The van der Waals surface area contributed by atoms with Crippen LogP contribution in [0.1, 0.15) is 36.2 Å². The molecule has 0 spiro atoms. The van der Waals surface area contributed by atoms with Crippen molar-refractivity contribution in [3.8, 4) is 5.75 Å². The van der Waals surface area contributed by atoms with E-state index >= 15 is 0 Å². The highest BCUT2D eigenvalue weighted by Gasteiger charge is 2.25. The SMILES string of the molecule is CN(C)C(=O)c1cc(OC2CCCCC2CN)ccn1. The van der Waals surface area contributed by atoms with Gasteiger partial charge in [-0.15, -0.1) is 0 Å². The zero-order chi connectivity index (χ0) is 14.5. The molecule has 1 aliphatic carbocycles. The highest BCUT2D eigenvalue weighted by molar-refractivity contribution is 5.92. The van der Waals surface area contributed by atoms with Crippen LogP contribution in [0.15, 0.2) is 18.3 Å². The predicted molar refractivity (Wildman–Crippen MR) is 77.7 cm³/mol. The lowest BCUT2D eigenvalue weighted by molar-refractivity contribution is 0.0816. The zero-order valence-corrected chi connectivity index (χ0v) is 12.2. The molecule has 1 fully saturated rings. The molecule has 0 aromatic carbocycles. The number of hydrogen-bond donors (Lipinski definition) is 1. The summed E-state index contributed by atoms with van der Waals surface area (Å²) in [6.07, 6.45) is 6.32. The summed E-state index contributed by atoms with van der Waals surface area (Å²) < 4.78 is 6.04. The molecular formula is C15H23N3O2.